The number of aromatic nitrogens is 2. The van der Waals surface area contributed by atoms with E-state index < -0.39 is 23.8 Å². The minimum atomic E-state index is -0.954. The van der Waals surface area contributed by atoms with Gasteiger partial charge in [0.05, 0.1) is 17.2 Å². The van der Waals surface area contributed by atoms with Crippen LogP contribution in [0.4, 0.5) is 0 Å². The number of hydrogen-bond acceptors (Lipinski definition) is 7. The van der Waals surface area contributed by atoms with Gasteiger partial charge in [-0.2, -0.15) is 0 Å². The fourth-order valence-corrected chi connectivity index (χ4v) is 4.74. The number of hydrogen-bond donors (Lipinski definition) is 2. The lowest BCUT2D eigenvalue weighted by atomic mass is 10.0. The van der Waals surface area contributed by atoms with Gasteiger partial charge >= 0.3 is 0 Å². The number of rotatable bonds is 4. The number of imidazole rings is 1. The molecular formula is C22H24N6O4. The van der Waals surface area contributed by atoms with Crippen LogP contribution in [-0.4, -0.2) is 68.7 Å². The molecule has 2 fully saturated rings. The Morgan fingerprint density at radius 2 is 1.91 bits per heavy atom. The Bertz CT molecular complexity index is 1130. The zero-order valence-corrected chi connectivity index (χ0v) is 17.7. The maximum atomic E-state index is 13.1. The molecule has 0 bridgehead atoms. The molecule has 0 spiro atoms. The average molecular weight is 436 g/mol. The van der Waals surface area contributed by atoms with E-state index in [0.717, 1.165) is 35.9 Å². The SMILES string of the molecule is Cn1ccnc1C1CNCCN1Cc1ccc2c(c1)C(=O)N(C1CCC(=O)NC1=O)C2=O. The fraction of sp³-hybridized carbons (Fsp3) is 0.409. The van der Waals surface area contributed by atoms with Gasteiger partial charge in [-0.1, -0.05) is 6.07 Å². The third kappa shape index (κ3) is 3.41. The van der Waals surface area contributed by atoms with Gasteiger partial charge in [0.1, 0.15) is 11.9 Å². The number of nitrogens with zero attached hydrogens (tertiary/aromatic N) is 4. The predicted molar refractivity (Wildman–Crippen MR) is 112 cm³/mol. The second kappa shape index (κ2) is 7.95. The van der Waals surface area contributed by atoms with E-state index in [9.17, 15) is 19.2 Å². The highest BCUT2D eigenvalue weighted by molar-refractivity contribution is 6.23. The molecule has 4 heterocycles. The third-order valence-electron chi connectivity index (χ3n) is 6.40. The summed E-state index contributed by atoms with van der Waals surface area (Å²) >= 11 is 0. The van der Waals surface area contributed by atoms with Gasteiger partial charge in [-0.05, 0) is 24.1 Å². The van der Waals surface area contributed by atoms with Crippen molar-refractivity contribution in [1.82, 2.24) is 30.0 Å². The molecule has 1 aromatic carbocycles. The molecule has 10 nitrogen and oxygen atoms in total. The normalized spacial score (nSPS) is 24.1. The van der Waals surface area contributed by atoms with E-state index in [4.69, 9.17) is 0 Å². The first-order valence-electron chi connectivity index (χ1n) is 10.7. The van der Waals surface area contributed by atoms with Crippen LogP contribution in [0.25, 0.3) is 0 Å². The van der Waals surface area contributed by atoms with Crippen molar-refractivity contribution in [2.45, 2.75) is 31.5 Å². The van der Waals surface area contributed by atoms with Gasteiger partial charge in [-0.25, -0.2) is 4.98 Å². The largest absolute Gasteiger partial charge is 0.337 e. The Hall–Kier alpha value is -3.37. The van der Waals surface area contributed by atoms with Crippen molar-refractivity contribution in [3.63, 3.8) is 0 Å². The van der Waals surface area contributed by atoms with E-state index in [0.29, 0.717) is 17.7 Å². The number of nitrogens with one attached hydrogen (secondary N) is 2. The number of carbonyl (C=O) groups is 4. The zero-order chi connectivity index (χ0) is 22.4. The number of aryl methyl sites for hydroxylation is 1. The van der Waals surface area contributed by atoms with Crippen molar-refractivity contribution in [2.24, 2.45) is 7.05 Å². The Morgan fingerprint density at radius 1 is 1.09 bits per heavy atom. The second-order valence-corrected chi connectivity index (χ2v) is 8.41. The third-order valence-corrected chi connectivity index (χ3v) is 6.40. The van der Waals surface area contributed by atoms with Crippen LogP contribution in [0.1, 0.15) is 51.0 Å². The minimum absolute atomic E-state index is 0.0920. The zero-order valence-electron chi connectivity index (χ0n) is 17.7. The monoisotopic (exact) mass is 436 g/mol. The molecule has 3 aliphatic rings. The lowest BCUT2D eigenvalue weighted by molar-refractivity contribution is -0.136. The standard InChI is InChI=1S/C22H24N6O4/c1-26-8-7-24-19(26)17-11-23-6-9-27(17)12-13-2-3-14-15(10-13)22(32)28(21(14)31)16-4-5-18(29)25-20(16)30/h2-3,7-8,10,16-17,23H,4-6,9,11-12H2,1H3,(H,25,29,30). The summed E-state index contributed by atoms with van der Waals surface area (Å²) in [5, 5.41) is 5.63. The molecule has 2 N–H and O–H groups in total. The molecule has 10 heteroatoms. The molecule has 2 atom stereocenters. The van der Waals surface area contributed by atoms with Crippen molar-refractivity contribution in [3.05, 3.63) is 53.1 Å². The smallest absolute Gasteiger partial charge is 0.262 e. The molecule has 2 aromatic rings. The summed E-state index contributed by atoms with van der Waals surface area (Å²) < 4.78 is 2.01. The Kier molecular flexibility index (Phi) is 5.10. The molecule has 1 aromatic heterocycles. The molecule has 2 unspecified atom stereocenters. The highest BCUT2D eigenvalue weighted by Gasteiger charge is 2.44. The quantitative estimate of drug-likeness (QED) is 0.647. The van der Waals surface area contributed by atoms with Crippen LogP contribution in [0, 0.1) is 0 Å². The number of piperazine rings is 1. The highest BCUT2D eigenvalue weighted by atomic mass is 16.2. The van der Waals surface area contributed by atoms with Crippen LogP contribution < -0.4 is 10.6 Å². The van der Waals surface area contributed by atoms with E-state index in [2.05, 4.69) is 20.5 Å². The summed E-state index contributed by atoms with van der Waals surface area (Å²) in [5.74, 6) is -0.992. The molecule has 3 aliphatic heterocycles. The molecule has 32 heavy (non-hydrogen) atoms. The van der Waals surface area contributed by atoms with Gasteiger partial charge in [-0.3, -0.25) is 34.3 Å². The Labute approximate surface area is 184 Å². The number of piperidine rings is 1. The summed E-state index contributed by atoms with van der Waals surface area (Å²) in [6.07, 6.45) is 3.96. The van der Waals surface area contributed by atoms with E-state index in [1.54, 1.807) is 18.3 Å². The summed E-state index contributed by atoms with van der Waals surface area (Å²) in [6.45, 7) is 3.05. The topological polar surface area (TPSA) is 117 Å². The number of carbonyl (C=O) groups excluding carboxylic acids is 4. The lowest BCUT2D eigenvalue weighted by Crippen LogP contribution is -2.54. The van der Waals surface area contributed by atoms with Gasteiger partial charge in [0.25, 0.3) is 11.8 Å². The van der Waals surface area contributed by atoms with Crippen molar-refractivity contribution < 1.29 is 19.2 Å². The fourth-order valence-electron chi connectivity index (χ4n) is 4.74. The van der Waals surface area contributed by atoms with E-state index >= 15 is 0 Å². The lowest BCUT2D eigenvalue weighted by Gasteiger charge is -2.35. The van der Waals surface area contributed by atoms with Gasteiger partial charge in [0.15, 0.2) is 0 Å². The van der Waals surface area contributed by atoms with Crippen LogP contribution in [-0.2, 0) is 23.2 Å². The maximum Gasteiger partial charge on any atom is 0.262 e. The van der Waals surface area contributed by atoms with E-state index in [1.807, 2.05) is 23.9 Å². The molecule has 166 valence electrons. The molecule has 4 amide bonds. The molecule has 0 radical (unpaired) electrons. The first-order chi connectivity index (χ1) is 15.4. The van der Waals surface area contributed by atoms with E-state index in [-0.39, 0.29) is 24.8 Å². The van der Waals surface area contributed by atoms with Gasteiger partial charge in [0, 0.05) is 52.0 Å². The maximum absolute atomic E-state index is 13.1. The van der Waals surface area contributed by atoms with Crippen LogP contribution in [0.2, 0.25) is 0 Å². The first-order valence-corrected chi connectivity index (χ1v) is 10.7. The van der Waals surface area contributed by atoms with Crippen LogP contribution in [0.5, 0.6) is 0 Å². The van der Waals surface area contributed by atoms with Crippen molar-refractivity contribution in [1.29, 1.82) is 0 Å². The summed E-state index contributed by atoms with van der Waals surface area (Å²) in [6, 6.07) is 4.40. The Balaban J connectivity index is 1.38. The average Bonchev–Trinajstić information content (AvgIpc) is 3.30. The van der Waals surface area contributed by atoms with E-state index in [1.165, 1.54) is 0 Å². The van der Waals surface area contributed by atoms with Gasteiger partial charge in [0.2, 0.25) is 11.8 Å². The number of amides is 4. The molecule has 5 rings (SSSR count). The van der Waals surface area contributed by atoms with Gasteiger partial charge < -0.3 is 9.88 Å². The van der Waals surface area contributed by atoms with Gasteiger partial charge in [-0.15, -0.1) is 0 Å². The van der Waals surface area contributed by atoms with Crippen molar-refractivity contribution >= 4 is 23.6 Å². The van der Waals surface area contributed by atoms with Crippen molar-refractivity contribution in [3.8, 4) is 0 Å². The molecule has 2 saturated heterocycles. The minimum Gasteiger partial charge on any atom is -0.337 e. The predicted octanol–water partition coefficient (Wildman–Crippen LogP) is -0.0322. The summed E-state index contributed by atoms with van der Waals surface area (Å²) in [5.41, 5.74) is 1.52. The Morgan fingerprint density at radius 3 is 2.66 bits per heavy atom. The van der Waals surface area contributed by atoms with Crippen LogP contribution >= 0.6 is 0 Å². The number of benzene rings is 1. The molecule has 0 aliphatic carbocycles. The summed E-state index contributed by atoms with van der Waals surface area (Å²) in [4.78, 5) is 57.5. The summed E-state index contributed by atoms with van der Waals surface area (Å²) in [7, 11) is 1.97. The second-order valence-electron chi connectivity index (χ2n) is 8.41. The molecular weight excluding hydrogens is 412 g/mol. The number of imide groups is 2. The van der Waals surface area contributed by atoms with Crippen molar-refractivity contribution in [2.75, 3.05) is 19.6 Å². The van der Waals surface area contributed by atoms with Crippen LogP contribution in [0.15, 0.2) is 30.6 Å². The highest BCUT2D eigenvalue weighted by Crippen LogP contribution is 2.30. The van der Waals surface area contributed by atoms with Crippen LogP contribution in [0.3, 0.4) is 0 Å². The first kappa shape index (κ1) is 20.5. The molecule has 0 saturated carbocycles. The number of fused-ring (bicyclic) bond motifs is 1.